The van der Waals surface area contributed by atoms with Crippen LogP contribution in [0.1, 0.15) is 25.3 Å². The van der Waals surface area contributed by atoms with Gasteiger partial charge in [-0.25, -0.2) is 4.79 Å². The second kappa shape index (κ2) is 6.79. The van der Waals surface area contributed by atoms with E-state index in [2.05, 4.69) is 5.32 Å². The lowest BCUT2D eigenvalue weighted by Crippen LogP contribution is -2.40. The average Bonchev–Trinajstić information content (AvgIpc) is 2.48. The topological polar surface area (TPSA) is 84.9 Å². The maximum absolute atomic E-state index is 12.4. The Morgan fingerprint density at radius 3 is 2.82 bits per heavy atom. The van der Waals surface area contributed by atoms with Crippen LogP contribution < -0.4 is 10.1 Å². The molecule has 0 radical (unpaired) electrons. The maximum atomic E-state index is 12.4. The Balaban J connectivity index is 2.03. The molecule has 0 bridgehead atoms. The van der Waals surface area contributed by atoms with Crippen molar-refractivity contribution in [1.82, 2.24) is 0 Å². The lowest BCUT2D eigenvalue weighted by Gasteiger charge is -2.32. The van der Waals surface area contributed by atoms with E-state index in [0.29, 0.717) is 24.7 Å². The third-order valence-electron chi connectivity index (χ3n) is 3.79. The molecule has 1 heterocycles. The monoisotopic (exact) mass is 307 g/mol. The van der Waals surface area contributed by atoms with Crippen molar-refractivity contribution in [2.75, 3.05) is 25.1 Å². The first-order valence-electron chi connectivity index (χ1n) is 7.25. The van der Waals surface area contributed by atoms with Gasteiger partial charge < -0.3 is 19.9 Å². The van der Waals surface area contributed by atoms with E-state index in [1.165, 1.54) is 0 Å². The van der Waals surface area contributed by atoms with Gasteiger partial charge in [-0.1, -0.05) is 0 Å². The number of nitrogens with one attached hydrogen (secondary N) is 1. The van der Waals surface area contributed by atoms with Gasteiger partial charge in [-0.15, -0.1) is 0 Å². The molecule has 120 valence electrons. The lowest BCUT2D eigenvalue weighted by molar-refractivity contribution is -0.139. The fourth-order valence-electron chi connectivity index (χ4n) is 2.40. The number of hydrogen-bond acceptors (Lipinski definition) is 4. The van der Waals surface area contributed by atoms with Crippen molar-refractivity contribution < 1.29 is 24.2 Å². The predicted molar refractivity (Wildman–Crippen MR) is 81.1 cm³/mol. The van der Waals surface area contributed by atoms with Crippen LogP contribution in [0.5, 0.6) is 5.75 Å². The minimum Gasteiger partial charge on any atom is -0.482 e. The van der Waals surface area contributed by atoms with Crippen LogP contribution in [0, 0.1) is 12.3 Å². The van der Waals surface area contributed by atoms with Crippen molar-refractivity contribution in [3.05, 3.63) is 23.8 Å². The normalized spacial score (nSPS) is 21.2. The molecule has 0 aliphatic carbocycles. The smallest absolute Gasteiger partial charge is 0.341 e. The number of carboxylic acids is 1. The fraction of sp³-hybridized carbons (Fsp3) is 0.500. The van der Waals surface area contributed by atoms with Gasteiger partial charge in [0, 0.05) is 12.3 Å². The van der Waals surface area contributed by atoms with Crippen molar-refractivity contribution in [3.63, 3.8) is 0 Å². The summed E-state index contributed by atoms with van der Waals surface area (Å²) < 4.78 is 10.5. The number of hydrogen-bond donors (Lipinski definition) is 2. The van der Waals surface area contributed by atoms with Gasteiger partial charge in [0.25, 0.3) is 0 Å². The summed E-state index contributed by atoms with van der Waals surface area (Å²) in [5, 5.41) is 11.5. The van der Waals surface area contributed by atoms with Crippen molar-refractivity contribution in [3.8, 4) is 5.75 Å². The van der Waals surface area contributed by atoms with Crippen LogP contribution in [0.25, 0.3) is 0 Å². The molecule has 2 N–H and O–H groups in total. The molecule has 1 fully saturated rings. The van der Waals surface area contributed by atoms with Crippen LogP contribution in [0.2, 0.25) is 0 Å². The van der Waals surface area contributed by atoms with Crippen molar-refractivity contribution in [2.24, 2.45) is 5.41 Å². The van der Waals surface area contributed by atoms with Gasteiger partial charge in [0.1, 0.15) is 5.75 Å². The molecule has 1 saturated heterocycles. The number of ether oxygens (including phenoxy) is 2. The maximum Gasteiger partial charge on any atom is 0.341 e. The lowest BCUT2D eigenvalue weighted by atomic mass is 9.83. The Labute approximate surface area is 129 Å². The van der Waals surface area contributed by atoms with E-state index in [4.69, 9.17) is 14.6 Å². The molecule has 1 aromatic rings. The van der Waals surface area contributed by atoms with Crippen LogP contribution in [-0.2, 0) is 14.3 Å². The molecule has 22 heavy (non-hydrogen) atoms. The summed E-state index contributed by atoms with van der Waals surface area (Å²) in [5.74, 6) is -0.625. The van der Waals surface area contributed by atoms with Gasteiger partial charge in [-0.3, -0.25) is 4.79 Å². The standard InChI is InChI=1S/C16H21NO5/c1-11-8-12(22-9-14(18)19)4-5-13(11)17-15(20)16(2)6-3-7-21-10-16/h4-5,8H,3,6-7,9-10H2,1-2H3,(H,17,20)(H,18,19)/t16-/m0/s1. The van der Waals surface area contributed by atoms with Crippen LogP contribution in [0.3, 0.4) is 0 Å². The van der Waals surface area contributed by atoms with E-state index in [-0.39, 0.29) is 12.5 Å². The molecule has 1 aliphatic heterocycles. The Bertz CT molecular complexity index is 564. The Morgan fingerprint density at radius 2 is 2.23 bits per heavy atom. The molecule has 1 aliphatic rings. The number of carbonyl (C=O) groups excluding carboxylic acids is 1. The summed E-state index contributed by atoms with van der Waals surface area (Å²) in [6.07, 6.45) is 1.68. The van der Waals surface area contributed by atoms with E-state index in [1.54, 1.807) is 18.2 Å². The van der Waals surface area contributed by atoms with E-state index >= 15 is 0 Å². The largest absolute Gasteiger partial charge is 0.482 e. The second-order valence-corrected chi connectivity index (χ2v) is 5.83. The highest BCUT2D eigenvalue weighted by molar-refractivity contribution is 5.95. The average molecular weight is 307 g/mol. The molecule has 0 unspecified atom stereocenters. The molecule has 6 nitrogen and oxygen atoms in total. The Kier molecular flexibility index (Phi) is 5.03. The van der Waals surface area contributed by atoms with Crippen LogP contribution in [0.4, 0.5) is 5.69 Å². The molecule has 0 aromatic heterocycles. The minimum absolute atomic E-state index is 0.0606. The summed E-state index contributed by atoms with van der Waals surface area (Å²) in [6.45, 7) is 4.49. The summed E-state index contributed by atoms with van der Waals surface area (Å²) in [4.78, 5) is 22.9. The highest BCUT2D eigenvalue weighted by atomic mass is 16.5. The molecule has 0 spiro atoms. The highest BCUT2D eigenvalue weighted by Crippen LogP contribution is 2.30. The van der Waals surface area contributed by atoms with E-state index in [0.717, 1.165) is 18.4 Å². The summed E-state index contributed by atoms with van der Waals surface area (Å²) in [6, 6.07) is 5.07. The van der Waals surface area contributed by atoms with Crippen molar-refractivity contribution >= 4 is 17.6 Å². The fourth-order valence-corrected chi connectivity index (χ4v) is 2.40. The molecule has 2 rings (SSSR count). The zero-order chi connectivity index (χ0) is 16.2. The van der Waals surface area contributed by atoms with E-state index in [1.807, 2.05) is 13.8 Å². The van der Waals surface area contributed by atoms with E-state index in [9.17, 15) is 9.59 Å². The molecular weight excluding hydrogens is 286 g/mol. The van der Waals surface area contributed by atoms with Crippen LogP contribution in [-0.4, -0.2) is 36.8 Å². The number of aliphatic carboxylic acids is 1. The second-order valence-electron chi connectivity index (χ2n) is 5.83. The molecule has 1 atom stereocenters. The third-order valence-corrected chi connectivity index (χ3v) is 3.79. The SMILES string of the molecule is Cc1cc(OCC(=O)O)ccc1NC(=O)[C@@]1(C)CCCOC1. The number of benzene rings is 1. The van der Waals surface area contributed by atoms with E-state index < -0.39 is 11.4 Å². The van der Waals surface area contributed by atoms with Crippen LogP contribution in [0.15, 0.2) is 18.2 Å². The summed E-state index contributed by atoms with van der Waals surface area (Å²) in [5.41, 5.74) is 0.999. The van der Waals surface area contributed by atoms with Gasteiger partial charge in [-0.2, -0.15) is 0 Å². The van der Waals surface area contributed by atoms with Crippen molar-refractivity contribution in [2.45, 2.75) is 26.7 Å². The molecular formula is C16H21NO5. The predicted octanol–water partition coefficient (Wildman–Crippen LogP) is 2.21. The van der Waals surface area contributed by atoms with Gasteiger partial charge in [-0.05, 0) is 50.5 Å². The summed E-state index contributed by atoms with van der Waals surface area (Å²) >= 11 is 0. The molecule has 1 aromatic carbocycles. The third kappa shape index (κ3) is 3.98. The Hall–Kier alpha value is -2.08. The molecule has 1 amide bonds. The van der Waals surface area contributed by atoms with Gasteiger partial charge in [0.05, 0.1) is 12.0 Å². The first kappa shape index (κ1) is 16.3. The van der Waals surface area contributed by atoms with Crippen LogP contribution >= 0.6 is 0 Å². The number of rotatable bonds is 5. The minimum atomic E-state index is -1.03. The molecule has 6 heteroatoms. The van der Waals surface area contributed by atoms with Crippen molar-refractivity contribution in [1.29, 1.82) is 0 Å². The number of carbonyl (C=O) groups is 2. The first-order valence-corrected chi connectivity index (χ1v) is 7.25. The van der Waals surface area contributed by atoms with Gasteiger partial charge in [0.15, 0.2) is 6.61 Å². The number of aryl methyl sites for hydroxylation is 1. The summed E-state index contributed by atoms with van der Waals surface area (Å²) in [7, 11) is 0. The number of carboxylic acid groups (broad SMARTS) is 1. The quantitative estimate of drug-likeness (QED) is 0.871. The number of amides is 1. The highest BCUT2D eigenvalue weighted by Gasteiger charge is 2.35. The van der Waals surface area contributed by atoms with Gasteiger partial charge >= 0.3 is 5.97 Å². The number of anilines is 1. The van der Waals surface area contributed by atoms with Gasteiger partial charge in [0.2, 0.25) is 5.91 Å². The first-order chi connectivity index (χ1) is 10.4. The molecule has 0 saturated carbocycles. The Morgan fingerprint density at radius 1 is 1.45 bits per heavy atom. The zero-order valence-corrected chi connectivity index (χ0v) is 12.8. The zero-order valence-electron chi connectivity index (χ0n) is 12.8.